The molecule has 0 radical (unpaired) electrons. The van der Waals surface area contributed by atoms with Gasteiger partial charge in [0, 0.05) is 19.1 Å². The molecule has 4 rings (SSSR count). The number of furan rings is 1. The lowest BCUT2D eigenvalue weighted by molar-refractivity contribution is 0.223. The van der Waals surface area contributed by atoms with E-state index in [0.717, 1.165) is 42.5 Å². The van der Waals surface area contributed by atoms with Gasteiger partial charge in [0.2, 0.25) is 0 Å². The molecule has 3 aliphatic rings. The summed E-state index contributed by atoms with van der Waals surface area (Å²) in [6, 6.07) is 5.08. The van der Waals surface area contributed by atoms with Gasteiger partial charge in [-0.05, 0) is 62.5 Å². The smallest absolute Gasteiger partial charge is 0.118 e. The van der Waals surface area contributed by atoms with Crippen molar-refractivity contribution >= 4 is 0 Å². The zero-order valence-corrected chi connectivity index (χ0v) is 12.3. The summed E-state index contributed by atoms with van der Waals surface area (Å²) in [5, 5.41) is 3.52. The van der Waals surface area contributed by atoms with Crippen molar-refractivity contribution in [1.29, 1.82) is 0 Å². The number of nitrogens with one attached hydrogen (secondary N) is 1. The Morgan fingerprint density at radius 2 is 1.60 bits per heavy atom. The topological polar surface area (TPSA) is 28.4 Å². The summed E-state index contributed by atoms with van der Waals surface area (Å²) in [6.07, 6.45) is 8.44. The average molecular weight is 274 g/mol. The van der Waals surface area contributed by atoms with Gasteiger partial charge in [0.05, 0.1) is 13.1 Å². The first-order chi connectivity index (χ1) is 9.85. The maximum Gasteiger partial charge on any atom is 0.118 e. The molecule has 1 aromatic rings. The molecule has 0 unspecified atom stereocenters. The lowest BCUT2D eigenvalue weighted by atomic mass is 10.3. The largest absolute Gasteiger partial charge is 0.463 e. The zero-order chi connectivity index (χ0) is 13.4. The Kier molecular flexibility index (Phi) is 3.57. The highest BCUT2D eigenvalue weighted by Gasteiger charge is 2.29. The van der Waals surface area contributed by atoms with E-state index in [9.17, 15) is 0 Å². The minimum atomic E-state index is 0.754. The summed E-state index contributed by atoms with van der Waals surface area (Å²) >= 11 is 0. The van der Waals surface area contributed by atoms with Gasteiger partial charge in [-0.15, -0.1) is 0 Å². The minimum Gasteiger partial charge on any atom is -0.463 e. The average Bonchev–Trinajstić information content (AvgIpc) is 3.27. The van der Waals surface area contributed by atoms with Crippen LogP contribution in [-0.4, -0.2) is 24.0 Å². The van der Waals surface area contributed by atoms with Gasteiger partial charge in [-0.3, -0.25) is 4.90 Å². The molecule has 1 aromatic heterocycles. The Morgan fingerprint density at radius 3 is 2.20 bits per heavy atom. The van der Waals surface area contributed by atoms with Crippen LogP contribution in [0.5, 0.6) is 0 Å². The quantitative estimate of drug-likeness (QED) is 0.750. The molecule has 3 heteroatoms. The molecule has 1 heterocycles. The summed E-state index contributed by atoms with van der Waals surface area (Å²) in [4.78, 5) is 2.63. The van der Waals surface area contributed by atoms with Crippen molar-refractivity contribution in [2.24, 2.45) is 11.8 Å². The predicted molar refractivity (Wildman–Crippen MR) is 79.3 cm³/mol. The molecule has 0 amide bonds. The maximum atomic E-state index is 5.99. The van der Waals surface area contributed by atoms with Crippen molar-refractivity contribution in [3.05, 3.63) is 23.7 Å². The second kappa shape index (κ2) is 5.53. The normalized spacial score (nSPS) is 22.6. The second-order valence-corrected chi connectivity index (χ2v) is 7.10. The molecule has 110 valence electrons. The van der Waals surface area contributed by atoms with Crippen LogP contribution in [0.1, 0.15) is 50.0 Å². The molecule has 3 fully saturated rings. The Balaban J connectivity index is 1.30. The molecule has 3 aliphatic carbocycles. The zero-order valence-electron chi connectivity index (χ0n) is 12.3. The van der Waals surface area contributed by atoms with Crippen LogP contribution in [0.25, 0.3) is 0 Å². The monoisotopic (exact) mass is 274 g/mol. The maximum absolute atomic E-state index is 5.99. The third-order valence-corrected chi connectivity index (χ3v) is 4.67. The Morgan fingerprint density at radius 1 is 0.950 bits per heavy atom. The van der Waals surface area contributed by atoms with Crippen LogP contribution in [0.15, 0.2) is 16.5 Å². The summed E-state index contributed by atoms with van der Waals surface area (Å²) < 4.78 is 5.99. The van der Waals surface area contributed by atoms with Crippen molar-refractivity contribution in [2.45, 2.75) is 57.7 Å². The molecule has 0 aromatic carbocycles. The molecule has 0 bridgehead atoms. The SMILES string of the molecule is c1cc(CN(CC2CC2)CC2CC2)oc1CNC1CC1. The summed E-state index contributed by atoms with van der Waals surface area (Å²) in [5.41, 5.74) is 0. The first-order valence-corrected chi connectivity index (χ1v) is 8.38. The van der Waals surface area contributed by atoms with Gasteiger partial charge in [0.1, 0.15) is 11.5 Å². The lowest BCUT2D eigenvalue weighted by Gasteiger charge is -2.20. The van der Waals surface area contributed by atoms with E-state index in [4.69, 9.17) is 4.42 Å². The van der Waals surface area contributed by atoms with Gasteiger partial charge >= 0.3 is 0 Å². The fourth-order valence-electron chi connectivity index (χ4n) is 2.89. The van der Waals surface area contributed by atoms with Gasteiger partial charge in [-0.1, -0.05) is 0 Å². The molecule has 0 saturated heterocycles. The molecule has 20 heavy (non-hydrogen) atoms. The molecule has 0 atom stereocenters. The predicted octanol–water partition coefficient (Wildman–Crippen LogP) is 3.15. The number of hydrogen-bond donors (Lipinski definition) is 1. The van der Waals surface area contributed by atoms with Gasteiger partial charge in [0.15, 0.2) is 0 Å². The highest BCUT2D eigenvalue weighted by Crippen LogP contribution is 2.34. The van der Waals surface area contributed by atoms with E-state index < -0.39 is 0 Å². The van der Waals surface area contributed by atoms with Crippen molar-refractivity contribution in [3.63, 3.8) is 0 Å². The first-order valence-electron chi connectivity index (χ1n) is 8.38. The van der Waals surface area contributed by atoms with E-state index in [1.165, 1.54) is 51.6 Å². The fourth-order valence-corrected chi connectivity index (χ4v) is 2.89. The van der Waals surface area contributed by atoms with Crippen molar-refractivity contribution in [3.8, 4) is 0 Å². The van der Waals surface area contributed by atoms with E-state index in [2.05, 4.69) is 22.3 Å². The molecule has 0 aliphatic heterocycles. The highest BCUT2D eigenvalue weighted by molar-refractivity contribution is 5.08. The van der Waals surface area contributed by atoms with E-state index in [-0.39, 0.29) is 0 Å². The first kappa shape index (κ1) is 12.9. The molecule has 3 saturated carbocycles. The van der Waals surface area contributed by atoms with E-state index in [0.29, 0.717) is 0 Å². The van der Waals surface area contributed by atoms with Gasteiger partial charge in [-0.2, -0.15) is 0 Å². The third-order valence-electron chi connectivity index (χ3n) is 4.67. The molecule has 1 N–H and O–H groups in total. The minimum absolute atomic E-state index is 0.754. The molecular formula is C17H26N2O. The molecule has 3 nitrogen and oxygen atoms in total. The summed E-state index contributed by atoms with van der Waals surface area (Å²) in [6.45, 7) is 4.48. The van der Waals surface area contributed by atoms with E-state index >= 15 is 0 Å². The van der Waals surface area contributed by atoms with Crippen molar-refractivity contribution < 1.29 is 4.42 Å². The van der Waals surface area contributed by atoms with Crippen LogP contribution in [0.4, 0.5) is 0 Å². The number of nitrogens with zero attached hydrogens (tertiary/aromatic N) is 1. The molecular weight excluding hydrogens is 248 g/mol. The van der Waals surface area contributed by atoms with E-state index in [1.807, 2.05) is 0 Å². The Bertz CT molecular complexity index is 430. The fraction of sp³-hybridized carbons (Fsp3) is 0.765. The van der Waals surface area contributed by atoms with Crippen LogP contribution in [0.2, 0.25) is 0 Å². The van der Waals surface area contributed by atoms with Crippen LogP contribution >= 0.6 is 0 Å². The van der Waals surface area contributed by atoms with Crippen LogP contribution in [0, 0.1) is 11.8 Å². The summed E-state index contributed by atoms with van der Waals surface area (Å²) in [7, 11) is 0. The molecule has 0 spiro atoms. The number of rotatable bonds is 9. The standard InChI is InChI=1S/C17H26N2O/c1-2-13(1)10-19(11-14-3-4-14)12-17-8-7-16(20-17)9-18-15-5-6-15/h7-8,13-15,18H,1-6,9-12H2. The van der Waals surface area contributed by atoms with Crippen LogP contribution in [-0.2, 0) is 13.1 Å². The Hall–Kier alpha value is -0.800. The lowest BCUT2D eigenvalue weighted by Crippen LogP contribution is -2.27. The summed E-state index contributed by atoms with van der Waals surface area (Å²) in [5.74, 6) is 4.20. The van der Waals surface area contributed by atoms with E-state index in [1.54, 1.807) is 0 Å². The van der Waals surface area contributed by atoms with Crippen LogP contribution < -0.4 is 5.32 Å². The second-order valence-electron chi connectivity index (χ2n) is 7.10. The third kappa shape index (κ3) is 3.86. The van der Waals surface area contributed by atoms with Crippen molar-refractivity contribution in [2.75, 3.05) is 13.1 Å². The Labute approximate surface area is 121 Å². The van der Waals surface area contributed by atoms with Crippen LogP contribution in [0.3, 0.4) is 0 Å². The van der Waals surface area contributed by atoms with Gasteiger partial charge in [0.25, 0.3) is 0 Å². The van der Waals surface area contributed by atoms with Gasteiger partial charge in [-0.25, -0.2) is 0 Å². The highest BCUT2D eigenvalue weighted by atomic mass is 16.3. The van der Waals surface area contributed by atoms with Crippen molar-refractivity contribution in [1.82, 2.24) is 10.2 Å². The van der Waals surface area contributed by atoms with Gasteiger partial charge < -0.3 is 9.73 Å². The number of hydrogen-bond acceptors (Lipinski definition) is 3.